The molecular formula is C10H15ClN6O2. The molecule has 0 amide bonds. The van der Waals surface area contributed by atoms with Gasteiger partial charge in [0.2, 0.25) is 11.1 Å². The topological polar surface area (TPSA) is 87.4 Å². The Morgan fingerprint density at radius 3 is 2.53 bits per heavy atom. The standard InChI is InChI=1S/C10H15ClN6O2/c1-7-8(17(18)19)9(13-10(11)12-7)14-16-5-3-15(2)4-6-16/h3-6H2,1-2H3,(H,12,13,14). The van der Waals surface area contributed by atoms with E-state index < -0.39 is 4.92 Å². The fourth-order valence-corrected chi connectivity index (χ4v) is 2.11. The van der Waals surface area contributed by atoms with E-state index in [0.29, 0.717) is 0 Å². The molecule has 0 spiro atoms. The molecule has 0 saturated carbocycles. The molecule has 9 heteroatoms. The first-order chi connectivity index (χ1) is 8.97. The van der Waals surface area contributed by atoms with Crippen molar-refractivity contribution in [3.63, 3.8) is 0 Å². The van der Waals surface area contributed by atoms with Crippen LogP contribution in [0.2, 0.25) is 5.28 Å². The van der Waals surface area contributed by atoms with Crippen molar-refractivity contribution in [1.29, 1.82) is 0 Å². The number of anilines is 1. The van der Waals surface area contributed by atoms with Crippen LogP contribution in [-0.2, 0) is 0 Å². The first-order valence-corrected chi connectivity index (χ1v) is 6.24. The second-order valence-electron chi connectivity index (χ2n) is 4.43. The second kappa shape index (κ2) is 5.64. The lowest BCUT2D eigenvalue weighted by atomic mass is 10.3. The van der Waals surface area contributed by atoms with Crippen LogP contribution in [-0.4, -0.2) is 58.0 Å². The largest absolute Gasteiger partial charge is 0.333 e. The number of aromatic nitrogens is 2. The highest BCUT2D eigenvalue weighted by molar-refractivity contribution is 6.28. The lowest BCUT2D eigenvalue weighted by Crippen LogP contribution is -2.47. The van der Waals surface area contributed by atoms with E-state index in [1.165, 1.54) is 0 Å². The van der Waals surface area contributed by atoms with Crippen molar-refractivity contribution in [2.45, 2.75) is 6.92 Å². The van der Waals surface area contributed by atoms with Crippen molar-refractivity contribution < 1.29 is 4.92 Å². The van der Waals surface area contributed by atoms with Gasteiger partial charge in [0.15, 0.2) is 0 Å². The van der Waals surface area contributed by atoms with Crippen LogP contribution in [0.1, 0.15) is 5.69 Å². The number of likely N-dealkylation sites (N-methyl/N-ethyl adjacent to an activating group) is 1. The fourth-order valence-electron chi connectivity index (χ4n) is 1.90. The molecule has 1 aromatic rings. The average Bonchev–Trinajstić information content (AvgIpc) is 2.30. The number of aryl methyl sites for hydroxylation is 1. The number of nitrogens with zero attached hydrogens (tertiary/aromatic N) is 5. The van der Waals surface area contributed by atoms with E-state index in [4.69, 9.17) is 11.6 Å². The van der Waals surface area contributed by atoms with Crippen molar-refractivity contribution in [2.24, 2.45) is 0 Å². The SMILES string of the molecule is Cc1nc(Cl)nc(NN2CCN(C)CC2)c1[N+](=O)[O-]. The van der Waals surface area contributed by atoms with Crippen LogP contribution < -0.4 is 5.43 Å². The molecule has 19 heavy (non-hydrogen) atoms. The van der Waals surface area contributed by atoms with Gasteiger partial charge in [0.1, 0.15) is 5.69 Å². The number of halogens is 1. The molecular weight excluding hydrogens is 272 g/mol. The molecule has 0 bridgehead atoms. The van der Waals surface area contributed by atoms with Crippen LogP contribution >= 0.6 is 11.6 Å². The third kappa shape index (κ3) is 3.28. The summed E-state index contributed by atoms with van der Waals surface area (Å²) in [5, 5.41) is 13.0. The van der Waals surface area contributed by atoms with E-state index in [2.05, 4.69) is 20.3 Å². The van der Waals surface area contributed by atoms with Crippen molar-refractivity contribution in [2.75, 3.05) is 38.7 Å². The molecule has 0 aromatic carbocycles. The minimum absolute atomic E-state index is 0.000252. The molecule has 1 aliphatic rings. The van der Waals surface area contributed by atoms with Gasteiger partial charge in [-0.3, -0.25) is 15.5 Å². The predicted octanol–water partition coefficient (Wildman–Crippen LogP) is 0.921. The number of piperazine rings is 1. The second-order valence-corrected chi connectivity index (χ2v) is 4.77. The molecule has 2 rings (SSSR count). The number of hydrogen-bond acceptors (Lipinski definition) is 7. The molecule has 0 unspecified atom stereocenters. The molecule has 1 N–H and O–H groups in total. The smallest absolute Gasteiger partial charge is 0.304 e. The molecule has 0 radical (unpaired) electrons. The Bertz CT molecular complexity index is 489. The van der Waals surface area contributed by atoms with E-state index >= 15 is 0 Å². The van der Waals surface area contributed by atoms with Crippen LogP contribution in [0, 0.1) is 17.0 Å². The average molecular weight is 287 g/mol. The highest BCUT2D eigenvalue weighted by Gasteiger charge is 2.24. The van der Waals surface area contributed by atoms with Gasteiger partial charge < -0.3 is 4.90 Å². The third-order valence-corrected chi connectivity index (χ3v) is 3.15. The van der Waals surface area contributed by atoms with Crippen LogP contribution in [0.15, 0.2) is 0 Å². The van der Waals surface area contributed by atoms with E-state index in [-0.39, 0.29) is 22.5 Å². The van der Waals surface area contributed by atoms with Crippen LogP contribution in [0.3, 0.4) is 0 Å². The minimum atomic E-state index is -0.496. The highest BCUT2D eigenvalue weighted by atomic mass is 35.5. The normalized spacial score (nSPS) is 17.4. The summed E-state index contributed by atoms with van der Waals surface area (Å²) in [4.78, 5) is 20.5. The first-order valence-electron chi connectivity index (χ1n) is 5.86. The first kappa shape index (κ1) is 13.9. The van der Waals surface area contributed by atoms with Crippen LogP contribution in [0.4, 0.5) is 11.5 Å². The Kier molecular flexibility index (Phi) is 4.13. The molecule has 0 atom stereocenters. The van der Waals surface area contributed by atoms with Gasteiger partial charge in [-0.2, -0.15) is 4.98 Å². The van der Waals surface area contributed by atoms with Gasteiger partial charge in [-0.05, 0) is 25.6 Å². The zero-order chi connectivity index (χ0) is 14.0. The summed E-state index contributed by atoms with van der Waals surface area (Å²) in [6.07, 6.45) is 0. The van der Waals surface area contributed by atoms with Gasteiger partial charge in [-0.25, -0.2) is 9.99 Å². The predicted molar refractivity (Wildman–Crippen MR) is 71.1 cm³/mol. The molecule has 1 aromatic heterocycles. The Morgan fingerprint density at radius 1 is 1.32 bits per heavy atom. The summed E-state index contributed by atoms with van der Waals surface area (Å²) in [5.74, 6) is 0.145. The molecule has 104 valence electrons. The van der Waals surface area contributed by atoms with Crippen molar-refractivity contribution in [3.05, 3.63) is 21.1 Å². The summed E-state index contributed by atoms with van der Waals surface area (Å²) in [5.41, 5.74) is 3.08. The van der Waals surface area contributed by atoms with Crippen LogP contribution in [0.25, 0.3) is 0 Å². The van der Waals surface area contributed by atoms with Crippen molar-refractivity contribution >= 4 is 23.1 Å². The maximum Gasteiger partial charge on any atom is 0.333 e. The zero-order valence-corrected chi connectivity index (χ0v) is 11.5. The van der Waals surface area contributed by atoms with Gasteiger partial charge in [0.05, 0.1) is 4.92 Å². The maximum atomic E-state index is 11.1. The number of nitrogens with one attached hydrogen (secondary N) is 1. The molecule has 8 nitrogen and oxygen atoms in total. The quantitative estimate of drug-likeness (QED) is 0.502. The lowest BCUT2D eigenvalue weighted by Gasteiger charge is -2.32. The molecule has 1 fully saturated rings. The number of nitro groups is 1. The Balaban J connectivity index is 2.21. The highest BCUT2D eigenvalue weighted by Crippen LogP contribution is 2.26. The molecule has 1 aliphatic heterocycles. The third-order valence-electron chi connectivity index (χ3n) is 2.98. The van der Waals surface area contributed by atoms with E-state index in [0.717, 1.165) is 26.2 Å². The summed E-state index contributed by atoms with van der Waals surface area (Å²) in [6, 6.07) is 0. The summed E-state index contributed by atoms with van der Waals surface area (Å²) in [7, 11) is 2.03. The maximum absolute atomic E-state index is 11.1. The Labute approximate surface area is 115 Å². The zero-order valence-electron chi connectivity index (χ0n) is 10.8. The van der Waals surface area contributed by atoms with E-state index in [1.807, 2.05) is 12.1 Å². The molecule has 2 heterocycles. The van der Waals surface area contributed by atoms with Gasteiger partial charge in [-0.15, -0.1) is 0 Å². The van der Waals surface area contributed by atoms with Gasteiger partial charge in [0.25, 0.3) is 0 Å². The monoisotopic (exact) mass is 286 g/mol. The van der Waals surface area contributed by atoms with E-state index in [1.54, 1.807) is 6.92 Å². The number of hydrogen-bond donors (Lipinski definition) is 1. The number of rotatable bonds is 3. The summed E-state index contributed by atoms with van der Waals surface area (Å²) in [6.45, 7) is 4.83. The summed E-state index contributed by atoms with van der Waals surface area (Å²) < 4.78 is 0. The fraction of sp³-hybridized carbons (Fsp3) is 0.600. The Hall–Kier alpha value is -1.51. The van der Waals surface area contributed by atoms with Crippen molar-refractivity contribution in [3.8, 4) is 0 Å². The lowest BCUT2D eigenvalue weighted by molar-refractivity contribution is -0.385. The molecule has 0 aliphatic carbocycles. The summed E-state index contributed by atoms with van der Waals surface area (Å²) >= 11 is 5.76. The van der Waals surface area contributed by atoms with Gasteiger partial charge >= 0.3 is 5.69 Å². The van der Waals surface area contributed by atoms with Crippen LogP contribution in [0.5, 0.6) is 0 Å². The number of hydrazine groups is 1. The van der Waals surface area contributed by atoms with Crippen molar-refractivity contribution in [1.82, 2.24) is 19.9 Å². The minimum Gasteiger partial charge on any atom is -0.304 e. The van der Waals surface area contributed by atoms with E-state index in [9.17, 15) is 10.1 Å². The van der Waals surface area contributed by atoms with Gasteiger partial charge in [0, 0.05) is 26.2 Å². The van der Waals surface area contributed by atoms with Gasteiger partial charge in [-0.1, -0.05) is 0 Å². The molecule has 1 saturated heterocycles. The Morgan fingerprint density at radius 2 is 1.95 bits per heavy atom.